The summed E-state index contributed by atoms with van der Waals surface area (Å²) in [7, 11) is 0. The summed E-state index contributed by atoms with van der Waals surface area (Å²) >= 11 is 1.29. The van der Waals surface area contributed by atoms with E-state index in [2.05, 4.69) is 16.4 Å². The minimum Gasteiger partial charge on any atom is -0.325 e. The molecule has 0 aliphatic rings. The quantitative estimate of drug-likeness (QED) is 0.865. The van der Waals surface area contributed by atoms with Gasteiger partial charge in [-0.2, -0.15) is 5.26 Å². The average molecular weight is 325 g/mol. The number of aryl methyl sites for hydroxylation is 2. The summed E-state index contributed by atoms with van der Waals surface area (Å²) in [6, 6.07) is 9.85. The maximum absolute atomic E-state index is 12.1. The molecule has 2 aromatic rings. The summed E-state index contributed by atoms with van der Waals surface area (Å²) in [5.74, 6) is 0.111. The van der Waals surface area contributed by atoms with Crippen LogP contribution >= 0.6 is 11.8 Å². The van der Waals surface area contributed by atoms with Gasteiger partial charge in [0.1, 0.15) is 11.1 Å². The molecule has 0 aliphatic carbocycles. The summed E-state index contributed by atoms with van der Waals surface area (Å²) in [4.78, 5) is 16.5. The molecule has 5 heteroatoms. The SMILES string of the molecule is Cc1cccc(NC(=O)CSc2nc(C)c(C)c(C)c2C#N)c1. The van der Waals surface area contributed by atoms with E-state index in [1.807, 2.05) is 52.0 Å². The fraction of sp³-hybridized carbons (Fsp3) is 0.278. The van der Waals surface area contributed by atoms with Crippen LogP contribution in [-0.2, 0) is 4.79 Å². The lowest BCUT2D eigenvalue weighted by Crippen LogP contribution is -2.14. The van der Waals surface area contributed by atoms with Gasteiger partial charge >= 0.3 is 0 Å². The largest absolute Gasteiger partial charge is 0.325 e. The molecule has 1 aromatic heterocycles. The maximum Gasteiger partial charge on any atom is 0.234 e. The maximum atomic E-state index is 12.1. The van der Waals surface area contributed by atoms with Crippen molar-refractivity contribution < 1.29 is 4.79 Å². The van der Waals surface area contributed by atoms with Gasteiger partial charge < -0.3 is 5.32 Å². The molecule has 1 amide bonds. The van der Waals surface area contributed by atoms with E-state index in [1.165, 1.54) is 11.8 Å². The van der Waals surface area contributed by atoms with Crippen molar-refractivity contribution in [2.24, 2.45) is 0 Å². The average Bonchev–Trinajstić information content (AvgIpc) is 2.51. The van der Waals surface area contributed by atoms with Crippen molar-refractivity contribution in [1.29, 1.82) is 5.26 Å². The van der Waals surface area contributed by atoms with E-state index in [9.17, 15) is 10.1 Å². The van der Waals surface area contributed by atoms with Crippen molar-refractivity contribution in [2.45, 2.75) is 32.7 Å². The lowest BCUT2D eigenvalue weighted by molar-refractivity contribution is -0.113. The summed E-state index contributed by atoms with van der Waals surface area (Å²) in [5.41, 5.74) is 5.27. The molecule has 23 heavy (non-hydrogen) atoms. The number of anilines is 1. The molecule has 0 bridgehead atoms. The van der Waals surface area contributed by atoms with Crippen LogP contribution in [0.3, 0.4) is 0 Å². The van der Waals surface area contributed by atoms with Crippen molar-refractivity contribution in [1.82, 2.24) is 4.98 Å². The van der Waals surface area contributed by atoms with E-state index < -0.39 is 0 Å². The van der Waals surface area contributed by atoms with Crippen molar-refractivity contribution in [3.8, 4) is 6.07 Å². The zero-order valence-electron chi connectivity index (χ0n) is 13.7. The molecule has 0 atom stereocenters. The zero-order valence-corrected chi connectivity index (χ0v) is 14.5. The van der Waals surface area contributed by atoms with Gasteiger partial charge in [0.15, 0.2) is 0 Å². The number of nitriles is 1. The number of carbonyl (C=O) groups is 1. The number of nitrogens with one attached hydrogen (secondary N) is 1. The Morgan fingerprint density at radius 2 is 2.00 bits per heavy atom. The van der Waals surface area contributed by atoms with E-state index in [4.69, 9.17) is 0 Å². The number of aromatic nitrogens is 1. The van der Waals surface area contributed by atoms with Crippen LogP contribution in [0.4, 0.5) is 5.69 Å². The highest BCUT2D eigenvalue weighted by atomic mass is 32.2. The Labute approximate surface area is 140 Å². The van der Waals surface area contributed by atoms with Gasteiger partial charge in [-0.3, -0.25) is 4.79 Å². The molecule has 0 saturated carbocycles. The van der Waals surface area contributed by atoms with E-state index in [0.29, 0.717) is 10.6 Å². The first-order valence-corrected chi connectivity index (χ1v) is 8.28. The van der Waals surface area contributed by atoms with Crippen LogP contribution in [0.5, 0.6) is 0 Å². The second-order valence-corrected chi connectivity index (χ2v) is 6.41. The van der Waals surface area contributed by atoms with E-state index in [-0.39, 0.29) is 11.7 Å². The molecule has 2 rings (SSSR count). The minimum absolute atomic E-state index is 0.109. The van der Waals surface area contributed by atoms with Crippen LogP contribution in [0.1, 0.15) is 27.9 Å². The standard InChI is InChI=1S/C18H19N3OS/c1-11-6-5-7-15(8-11)21-17(22)10-23-18-16(9-19)13(3)12(2)14(4)20-18/h5-8H,10H2,1-4H3,(H,21,22). The number of amides is 1. The lowest BCUT2D eigenvalue weighted by atomic mass is 10.1. The molecule has 4 nitrogen and oxygen atoms in total. The predicted molar refractivity (Wildman–Crippen MR) is 93.7 cm³/mol. The van der Waals surface area contributed by atoms with Gasteiger partial charge in [-0.1, -0.05) is 23.9 Å². The number of thioether (sulfide) groups is 1. The van der Waals surface area contributed by atoms with E-state index >= 15 is 0 Å². The van der Waals surface area contributed by atoms with Gasteiger partial charge in [-0.05, 0) is 56.5 Å². The number of hydrogen-bond donors (Lipinski definition) is 1. The Morgan fingerprint density at radius 1 is 1.26 bits per heavy atom. The first kappa shape index (κ1) is 17.0. The molecule has 0 saturated heterocycles. The van der Waals surface area contributed by atoms with E-state index in [1.54, 1.807) is 0 Å². The topological polar surface area (TPSA) is 65.8 Å². The third-order valence-corrected chi connectivity index (χ3v) is 4.69. The van der Waals surface area contributed by atoms with Crippen molar-refractivity contribution in [3.63, 3.8) is 0 Å². The summed E-state index contributed by atoms with van der Waals surface area (Å²) in [5, 5.41) is 12.8. The van der Waals surface area contributed by atoms with Crippen LogP contribution in [0.15, 0.2) is 29.3 Å². The second-order valence-electron chi connectivity index (χ2n) is 5.45. The third-order valence-electron chi connectivity index (χ3n) is 3.72. The summed E-state index contributed by atoms with van der Waals surface area (Å²) < 4.78 is 0. The van der Waals surface area contributed by atoms with E-state index in [0.717, 1.165) is 28.1 Å². The molecule has 1 N–H and O–H groups in total. The molecule has 0 radical (unpaired) electrons. The normalized spacial score (nSPS) is 10.2. The number of benzene rings is 1. The van der Waals surface area contributed by atoms with Gasteiger partial charge in [0.25, 0.3) is 0 Å². The molecule has 1 aromatic carbocycles. The molecular formula is C18H19N3OS. The predicted octanol–water partition coefficient (Wildman–Crippen LogP) is 3.92. The second kappa shape index (κ2) is 7.30. The molecule has 0 spiro atoms. The molecule has 0 aliphatic heterocycles. The number of carbonyl (C=O) groups excluding carboxylic acids is 1. The molecule has 118 valence electrons. The highest BCUT2D eigenvalue weighted by Gasteiger charge is 2.14. The Kier molecular flexibility index (Phi) is 5.41. The van der Waals surface area contributed by atoms with Gasteiger partial charge in [-0.15, -0.1) is 0 Å². The molecular weight excluding hydrogens is 306 g/mol. The van der Waals surface area contributed by atoms with Crippen molar-refractivity contribution in [2.75, 3.05) is 11.1 Å². The highest BCUT2D eigenvalue weighted by molar-refractivity contribution is 8.00. The summed E-state index contributed by atoms with van der Waals surface area (Å²) in [6.07, 6.45) is 0. The zero-order chi connectivity index (χ0) is 17.0. The summed E-state index contributed by atoms with van der Waals surface area (Å²) in [6.45, 7) is 7.77. The molecule has 0 fully saturated rings. The Hall–Kier alpha value is -2.32. The van der Waals surface area contributed by atoms with Crippen molar-refractivity contribution >= 4 is 23.4 Å². The number of rotatable bonds is 4. The first-order valence-electron chi connectivity index (χ1n) is 7.29. The lowest BCUT2D eigenvalue weighted by Gasteiger charge is -2.11. The van der Waals surface area contributed by atoms with Gasteiger partial charge in [0.2, 0.25) is 5.91 Å². The van der Waals surface area contributed by atoms with Crippen LogP contribution < -0.4 is 5.32 Å². The van der Waals surface area contributed by atoms with Gasteiger partial charge in [-0.25, -0.2) is 4.98 Å². The van der Waals surface area contributed by atoms with Gasteiger partial charge in [0.05, 0.1) is 11.3 Å². The fourth-order valence-electron chi connectivity index (χ4n) is 2.20. The first-order chi connectivity index (χ1) is 10.9. The van der Waals surface area contributed by atoms with Crippen LogP contribution in [-0.4, -0.2) is 16.6 Å². The van der Waals surface area contributed by atoms with Crippen molar-refractivity contribution in [3.05, 3.63) is 52.2 Å². The number of hydrogen-bond acceptors (Lipinski definition) is 4. The highest BCUT2D eigenvalue weighted by Crippen LogP contribution is 2.26. The third kappa shape index (κ3) is 4.11. The molecule has 0 unspecified atom stereocenters. The number of pyridine rings is 1. The number of nitrogens with zero attached hydrogens (tertiary/aromatic N) is 2. The Balaban J connectivity index is 2.09. The molecule has 1 heterocycles. The van der Waals surface area contributed by atoms with Gasteiger partial charge in [0, 0.05) is 11.4 Å². The smallest absolute Gasteiger partial charge is 0.234 e. The fourth-order valence-corrected chi connectivity index (χ4v) is 3.09. The van der Waals surface area contributed by atoms with Crippen LogP contribution in [0, 0.1) is 39.0 Å². The monoisotopic (exact) mass is 325 g/mol. The van der Waals surface area contributed by atoms with Crippen LogP contribution in [0.25, 0.3) is 0 Å². The Bertz CT molecular complexity index is 794. The Morgan fingerprint density at radius 3 is 2.65 bits per heavy atom. The minimum atomic E-state index is -0.109. The van der Waals surface area contributed by atoms with Crippen LogP contribution in [0.2, 0.25) is 0 Å².